The molecule has 0 saturated carbocycles. The van der Waals surface area contributed by atoms with E-state index in [0.29, 0.717) is 28.0 Å². The molecular formula is C20H15Cl2N5O. The van der Waals surface area contributed by atoms with Crippen LogP contribution in [0.3, 0.4) is 0 Å². The number of halogens is 2. The molecule has 0 saturated heterocycles. The molecule has 0 aliphatic rings. The molecule has 0 atom stereocenters. The van der Waals surface area contributed by atoms with Crippen LogP contribution in [-0.2, 0) is 6.54 Å². The van der Waals surface area contributed by atoms with Crippen LogP contribution in [0.1, 0.15) is 15.9 Å². The van der Waals surface area contributed by atoms with Crippen molar-refractivity contribution in [2.24, 2.45) is 0 Å². The van der Waals surface area contributed by atoms with Crippen LogP contribution in [0.5, 0.6) is 0 Å². The van der Waals surface area contributed by atoms with E-state index in [0.717, 1.165) is 11.3 Å². The summed E-state index contributed by atoms with van der Waals surface area (Å²) >= 11 is 12.5. The largest absolute Gasteiger partial charge is 0.307 e. The van der Waals surface area contributed by atoms with Crippen LogP contribution in [-0.4, -0.2) is 25.5 Å². The Morgan fingerprint density at radius 3 is 2.36 bits per heavy atom. The topological polar surface area (TPSA) is 64.7 Å². The number of nitrogens with zero attached hydrogens (tertiary/aromatic N) is 4. The third-order valence-corrected chi connectivity index (χ3v) is 4.93. The first-order chi connectivity index (χ1) is 13.6. The van der Waals surface area contributed by atoms with Gasteiger partial charge in [0.2, 0.25) is 0 Å². The van der Waals surface area contributed by atoms with Crippen LogP contribution in [0.4, 0.5) is 5.82 Å². The lowest BCUT2D eigenvalue weighted by Gasteiger charge is -2.11. The minimum atomic E-state index is -0.237. The summed E-state index contributed by atoms with van der Waals surface area (Å²) in [4.78, 5) is 12.6. The molecule has 1 amide bonds. The Hall–Kier alpha value is -3.09. The van der Waals surface area contributed by atoms with E-state index in [4.69, 9.17) is 23.2 Å². The molecule has 0 bridgehead atoms. The summed E-state index contributed by atoms with van der Waals surface area (Å²) in [5.74, 6) is 0.316. The van der Waals surface area contributed by atoms with Crippen molar-refractivity contribution >= 4 is 34.9 Å². The van der Waals surface area contributed by atoms with E-state index in [1.165, 1.54) is 0 Å². The first-order valence-corrected chi connectivity index (χ1v) is 9.23. The van der Waals surface area contributed by atoms with Gasteiger partial charge in [-0.25, -0.2) is 9.36 Å². The van der Waals surface area contributed by atoms with E-state index in [2.05, 4.69) is 15.5 Å². The molecule has 4 aromatic rings. The van der Waals surface area contributed by atoms with Gasteiger partial charge in [0.1, 0.15) is 5.82 Å². The van der Waals surface area contributed by atoms with Crippen LogP contribution in [0, 0.1) is 0 Å². The summed E-state index contributed by atoms with van der Waals surface area (Å²) in [7, 11) is 0. The molecule has 1 N–H and O–H groups in total. The quantitative estimate of drug-likeness (QED) is 0.518. The molecule has 140 valence electrons. The predicted molar refractivity (Wildman–Crippen MR) is 109 cm³/mol. The van der Waals surface area contributed by atoms with Gasteiger partial charge in [0.05, 0.1) is 18.4 Å². The Bertz CT molecular complexity index is 1080. The van der Waals surface area contributed by atoms with Crippen molar-refractivity contribution in [1.82, 2.24) is 19.6 Å². The van der Waals surface area contributed by atoms with Crippen molar-refractivity contribution in [3.05, 3.63) is 94.4 Å². The molecule has 28 heavy (non-hydrogen) atoms. The summed E-state index contributed by atoms with van der Waals surface area (Å²) in [6.45, 7) is 0.347. The van der Waals surface area contributed by atoms with E-state index < -0.39 is 0 Å². The lowest BCUT2D eigenvalue weighted by Crippen LogP contribution is -2.16. The number of aromatic nitrogens is 4. The predicted octanol–water partition coefficient (Wildman–Crippen LogP) is 4.68. The SMILES string of the molecule is O=C(Nc1ccnn1Cc1c(Cl)cccc1Cl)c1ccc(-n2cccn2)cc1. The first-order valence-electron chi connectivity index (χ1n) is 8.48. The van der Waals surface area contributed by atoms with Gasteiger partial charge in [0.25, 0.3) is 5.91 Å². The van der Waals surface area contributed by atoms with Gasteiger partial charge in [-0.05, 0) is 42.5 Å². The monoisotopic (exact) mass is 411 g/mol. The molecule has 0 aliphatic heterocycles. The van der Waals surface area contributed by atoms with Gasteiger partial charge in [-0.2, -0.15) is 10.2 Å². The fourth-order valence-corrected chi connectivity index (χ4v) is 3.29. The number of anilines is 1. The Kier molecular flexibility index (Phi) is 5.14. The average Bonchev–Trinajstić information content (AvgIpc) is 3.37. The number of carbonyl (C=O) groups excluding carboxylic acids is 1. The van der Waals surface area contributed by atoms with E-state index >= 15 is 0 Å². The van der Waals surface area contributed by atoms with E-state index in [9.17, 15) is 4.79 Å². The molecule has 0 radical (unpaired) electrons. The van der Waals surface area contributed by atoms with Gasteiger partial charge in [-0.3, -0.25) is 4.79 Å². The minimum Gasteiger partial charge on any atom is -0.307 e. The lowest BCUT2D eigenvalue weighted by atomic mass is 10.2. The first kappa shape index (κ1) is 18.3. The van der Waals surface area contributed by atoms with Crippen molar-refractivity contribution in [2.45, 2.75) is 6.54 Å². The van der Waals surface area contributed by atoms with Gasteiger partial charge in [0.15, 0.2) is 0 Å². The second kappa shape index (κ2) is 7.88. The van der Waals surface area contributed by atoms with Crippen molar-refractivity contribution in [2.75, 3.05) is 5.32 Å². The summed E-state index contributed by atoms with van der Waals surface area (Å²) in [5.41, 5.74) is 2.15. The highest BCUT2D eigenvalue weighted by molar-refractivity contribution is 6.36. The summed E-state index contributed by atoms with van der Waals surface area (Å²) < 4.78 is 3.37. The molecule has 2 heterocycles. The zero-order chi connectivity index (χ0) is 19.5. The highest BCUT2D eigenvalue weighted by atomic mass is 35.5. The molecule has 0 aliphatic carbocycles. The zero-order valence-corrected chi connectivity index (χ0v) is 16.1. The van der Waals surface area contributed by atoms with Crippen LogP contribution >= 0.6 is 23.2 Å². The lowest BCUT2D eigenvalue weighted by molar-refractivity contribution is 0.102. The smallest absolute Gasteiger partial charge is 0.256 e. The maximum Gasteiger partial charge on any atom is 0.256 e. The number of carbonyl (C=O) groups is 1. The molecule has 6 nitrogen and oxygen atoms in total. The third-order valence-electron chi connectivity index (χ3n) is 4.23. The maximum absolute atomic E-state index is 12.6. The minimum absolute atomic E-state index is 0.237. The van der Waals surface area contributed by atoms with Crippen LogP contribution in [0.25, 0.3) is 5.69 Å². The number of hydrogen-bond donors (Lipinski definition) is 1. The molecule has 8 heteroatoms. The van der Waals surface area contributed by atoms with Crippen LogP contribution in [0.15, 0.2) is 73.2 Å². The van der Waals surface area contributed by atoms with Crippen molar-refractivity contribution in [3.63, 3.8) is 0 Å². The maximum atomic E-state index is 12.6. The number of amides is 1. The fraction of sp³-hybridized carbons (Fsp3) is 0.0500. The molecule has 0 spiro atoms. The Balaban J connectivity index is 1.51. The summed E-state index contributed by atoms with van der Waals surface area (Å²) in [6, 6.07) is 16.1. The highest BCUT2D eigenvalue weighted by Gasteiger charge is 2.13. The molecule has 4 rings (SSSR count). The zero-order valence-electron chi connectivity index (χ0n) is 14.6. The van der Waals surface area contributed by atoms with Gasteiger partial charge in [-0.1, -0.05) is 29.3 Å². The molecular weight excluding hydrogens is 397 g/mol. The standard InChI is InChI=1S/C20H15Cl2N5O/c21-17-3-1-4-18(22)16(17)13-27-19(9-11-24-27)25-20(28)14-5-7-15(8-6-14)26-12-2-10-23-26/h1-12H,13H2,(H,25,28). The number of rotatable bonds is 5. The van der Waals surface area contributed by atoms with Crippen LogP contribution in [0.2, 0.25) is 10.0 Å². The fourth-order valence-electron chi connectivity index (χ4n) is 2.77. The molecule has 0 unspecified atom stereocenters. The number of benzene rings is 2. The molecule has 2 aromatic carbocycles. The highest BCUT2D eigenvalue weighted by Crippen LogP contribution is 2.26. The third kappa shape index (κ3) is 3.78. The van der Waals surface area contributed by atoms with E-state index in [1.807, 2.05) is 24.4 Å². The Morgan fingerprint density at radius 1 is 0.929 bits per heavy atom. The van der Waals surface area contributed by atoms with E-state index in [1.54, 1.807) is 58.2 Å². The number of nitrogens with one attached hydrogen (secondary N) is 1. The van der Waals surface area contributed by atoms with Crippen molar-refractivity contribution in [1.29, 1.82) is 0 Å². The van der Waals surface area contributed by atoms with Crippen molar-refractivity contribution in [3.8, 4) is 5.69 Å². The Labute approximate surface area is 171 Å². The second-order valence-electron chi connectivity index (χ2n) is 6.03. The molecule has 0 fully saturated rings. The van der Waals surface area contributed by atoms with E-state index in [-0.39, 0.29) is 5.91 Å². The van der Waals surface area contributed by atoms with Gasteiger partial charge in [0, 0.05) is 39.6 Å². The van der Waals surface area contributed by atoms with Gasteiger partial charge >= 0.3 is 0 Å². The molecule has 2 aromatic heterocycles. The summed E-state index contributed by atoms with van der Waals surface area (Å²) in [6.07, 6.45) is 5.15. The number of hydrogen-bond acceptors (Lipinski definition) is 3. The normalized spacial score (nSPS) is 10.8. The van der Waals surface area contributed by atoms with Gasteiger partial charge in [-0.15, -0.1) is 0 Å². The van der Waals surface area contributed by atoms with Gasteiger partial charge < -0.3 is 5.32 Å². The Morgan fingerprint density at radius 2 is 1.68 bits per heavy atom. The van der Waals surface area contributed by atoms with Crippen LogP contribution < -0.4 is 5.32 Å². The van der Waals surface area contributed by atoms with Crippen molar-refractivity contribution < 1.29 is 4.79 Å². The second-order valence-corrected chi connectivity index (χ2v) is 6.84. The average molecular weight is 412 g/mol. The summed E-state index contributed by atoms with van der Waals surface area (Å²) in [5, 5.41) is 12.4.